The van der Waals surface area contributed by atoms with Crippen LogP contribution in [0.2, 0.25) is 0 Å². The van der Waals surface area contributed by atoms with Crippen molar-refractivity contribution in [1.82, 2.24) is 4.90 Å². The number of hydrogen-bond donors (Lipinski definition) is 1. The van der Waals surface area contributed by atoms with Crippen LogP contribution in [0, 0.1) is 5.92 Å². The van der Waals surface area contributed by atoms with Crippen molar-refractivity contribution in [1.29, 1.82) is 0 Å². The summed E-state index contributed by atoms with van der Waals surface area (Å²) in [7, 11) is 0. The van der Waals surface area contributed by atoms with E-state index in [1.54, 1.807) is 11.8 Å². The normalized spacial score (nSPS) is 18.1. The zero-order chi connectivity index (χ0) is 19.3. The molecule has 1 fully saturated rings. The molecule has 1 N–H and O–H groups in total. The number of rotatable bonds is 5. The highest BCUT2D eigenvalue weighted by molar-refractivity contribution is 5.90. The molecule has 1 aromatic carbocycles. The molecule has 0 bridgehead atoms. The molecule has 146 valence electrons. The Kier molecular flexibility index (Phi) is 6.75. The van der Waals surface area contributed by atoms with Crippen LogP contribution >= 0.6 is 0 Å². The number of halogens is 3. The molecule has 5 nitrogen and oxygen atoms in total. The van der Waals surface area contributed by atoms with E-state index in [1.807, 2.05) is 13.8 Å². The summed E-state index contributed by atoms with van der Waals surface area (Å²) in [6, 6.07) is 2.85. The Morgan fingerprint density at radius 1 is 1.42 bits per heavy atom. The quantitative estimate of drug-likeness (QED) is 0.832. The van der Waals surface area contributed by atoms with Crippen molar-refractivity contribution in [3.63, 3.8) is 0 Å². The fraction of sp³-hybridized carbons (Fsp3) is 0.611. The lowest BCUT2D eigenvalue weighted by Gasteiger charge is -2.36. The van der Waals surface area contributed by atoms with Crippen molar-refractivity contribution in [3.05, 3.63) is 23.8 Å². The van der Waals surface area contributed by atoms with Crippen LogP contribution < -0.4 is 10.1 Å². The van der Waals surface area contributed by atoms with E-state index < -0.39 is 17.8 Å². The van der Waals surface area contributed by atoms with Gasteiger partial charge in [-0.15, -0.1) is 0 Å². The van der Waals surface area contributed by atoms with Crippen molar-refractivity contribution in [3.8, 4) is 5.75 Å². The number of urea groups is 1. The monoisotopic (exact) mass is 374 g/mol. The molecule has 0 aromatic heterocycles. The van der Waals surface area contributed by atoms with E-state index >= 15 is 0 Å². The standard InChI is InChI=1S/C18H25F3N2O3/c1-4-26-14-5-6-16(15(10-14)18(19,20)21)22-17(24)23-7-8-25-11-13(23)9-12(2)3/h5-6,10,12-13H,4,7-9,11H2,1-3H3,(H,22,24). The number of anilines is 1. The summed E-state index contributed by atoms with van der Waals surface area (Å²) in [5.74, 6) is 0.454. The molecule has 2 rings (SSSR count). The van der Waals surface area contributed by atoms with E-state index in [0.29, 0.717) is 25.7 Å². The van der Waals surface area contributed by atoms with Gasteiger partial charge in [0.05, 0.1) is 37.1 Å². The van der Waals surface area contributed by atoms with Gasteiger partial charge in [0.15, 0.2) is 0 Å². The van der Waals surface area contributed by atoms with Crippen LogP contribution in [-0.2, 0) is 10.9 Å². The number of nitrogens with zero attached hydrogens (tertiary/aromatic N) is 1. The van der Waals surface area contributed by atoms with Gasteiger partial charge in [-0.05, 0) is 37.5 Å². The fourth-order valence-electron chi connectivity index (χ4n) is 2.97. The first-order valence-electron chi connectivity index (χ1n) is 8.71. The van der Waals surface area contributed by atoms with Crippen molar-refractivity contribution >= 4 is 11.7 Å². The van der Waals surface area contributed by atoms with Crippen molar-refractivity contribution in [2.24, 2.45) is 5.92 Å². The van der Waals surface area contributed by atoms with Crippen molar-refractivity contribution < 1.29 is 27.4 Å². The van der Waals surface area contributed by atoms with E-state index in [-0.39, 0.29) is 24.1 Å². The van der Waals surface area contributed by atoms with Crippen LogP contribution in [0.5, 0.6) is 5.75 Å². The highest BCUT2D eigenvalue weighted by Crippen LogP contribution is 2.37. The second-order valence-corrected chi connectivity index (χ2v) is 6.62. The maximum absolute atomic E-state index is 13.4. The lowest BCUT2D eigenvalue weighted by atomic mass is 10.0. The Balaban J connectivity index is 2.21. The molecule has 0 saturated carbocycles. The fourth-order valence-corrected chi connectivity index (χ4v) is 2.97. The van der Waals surface area contributed by atoms with Crippen LogP contribution in [0.3, 0.4) is 0 Å². The first-order chi connectivity index (χ1) is 12.2. The molecule has 1 aromatic rings. The van der Waals surface area contributed by atoms with Crippen LogP contribution in [0.1, 0.15) is 32.8 Å². The van der Waals surface area contributed by atoms with E-state index in [9.17, 15) is 18.0 Å². The Hall–Kier alpha value is -1.96. The predicted molar refractivity (Wildman–Crippen MR) is 92.4 cm³/mol. The van der Waals surface area contributed by atoms with Gasteiger partial charge in [-0.2, -0.15) is 13.2 Å². The Bertz CT molecular complexity index is 620. The summed E-state index contributed by atoms with van der Waals surface area (Å²) in [5.41, 5.74) is -1.20. The molecule has 1 saturated heterocycles. The number of benzene rings is 1. The number of alkyl halides is 3. The van der Waals surface area contributed by atoms with Gasteiger partial charge in [0, 0.05) is 6.54 Å². The lowest BCUT2D eigenvalue weighted by molar-refractivity contribution is -0.137. The summed E-state index contributed by atoms with van der Waals surface area (Å²) in [6.07, 6.45) is -3.87. The molecule has 8 heteroatoms. The van der Waals surface area contributed by atoms with Gasteiger partial charge < -0.3 is 19.7 Å². The minimum Gasteiger partial charge on any atom is -0.494 e. The van der Waals surface area contributed by atoms with Crippen molar-refractivity contribution in [2.45, 2.75) is 39.4 Å². The second-order valence-electron chi connectivity index (χ2n) is 6.62. The van der Waals surface area contributed by atoms with Gasteiger partial charge in [0.2, 0.25) is 0 Å². The molecule has 1 aliphatic heterocycles. The second kappa shape index (κ2) is 8.62. The van der Waals surface area contributed by atoms with Gasteiger partial charge in [0.25, 0.3) is 0 Å². The third-order valence-corrected chi connectivity index (χ3v) is 4.08. The lowest BCUT2D eigenvalue weighted by Crippen LogP contribution is -2.50. The summed E-state index contributed by atoms with van der Waals surface area (Å²) in [4.78, 5) is 14.2. The van der Waals surface area contributed by atoms with Gasteiger partial charge >= 0.3 is 12.2 Å². The molecule has 0 radical (unpaired) electrons. The highest BCUT2D eigenvalue weighted by Gasteiger charge is 2.35. The summed E-state index contributed by atoms with van der Waals surface area (Å²) >= 11 is 0. The molecule has 1 heterocycles. The molecule has 0 spiro atoms. The smallest absolute Gasteiger partial charge is 0.418 e. The predicted octanol–water partition coefficient (Wildman–Crippen LogP) is 4.38. The highest BCUT2D eigenvalue weighted by atomic mass is 19.4. The van der Waals surface area contributed by atoms with Gasteiger partial charge in [-0.1, -0.05) is 13.8 Å². The average molecular weight is 374 g/mol. The molecule has 1 atom stereocenters. The van der Waals surface area contributed by atoms with Gasteiger partial charge in [-0.25, -0.2) is 4.79 Å². The van der Waals surface area contributed by atoms with E-state index in [2.05, 4.69) is 5.32 Å². The molecular weight excluding hydrogens is 349 g/mol. The summed E-state index contributed by atoms with van der Waals surface area (Å²) < 4.78 is 50.7. The third-order valence-electron chi connectivity index (χ3n) is 4.08. The number of carbonyl (C=O) groups is 1. The number of nitrogens with one attached hydrogen (secondary N) is 1. The number of morpholine rings is 1. The van der Waals surface area contributed by atoms with Crippen molar-refractivity contribution in [2.75, 3.05) is 31.7 Å². The molecule has 1 aliphatic rings. The first-order valence-corrected chi connectivity index (χ1v) is 8.71. The average Bonchev–Trinajstić information content (AvgIpc) is 2.55. The largest absolute Gasteiger partial charge is 0.494 e. The molecular formula is C18H25F3N2O3. The van der Waals surface area contributed by atoms with Gasteiger partial charge in [0.1, 0.15) is 5.75 Å². The zero-order valence-electron chi connectivity index (χ0n) is 15.2. The van der Waals surface area contributed by atoms with Crippen LogP contribution in [0.25, 0.3) is 0 Å². The Morgan fingerprint density at radius 3 is 2.77 bits per heavy atom. The number of amides is 2. The van der Waals surface area contributed by atoms with Gasteiger partial charge in [-0.3, -0.25) is 0 Å². The summed E-state index contributed by atoms with van der Waals surface area (Å²) in [6.45, 7) is 7.11. The Labute approximate surface area is 151 Å². The SMILES string of the molecule is CCOc1ccc(NC(=O)N2CCOCC2CC(C)C)c(C(F)(F)F)c1. The maximum Gasteiger partial charge on any atom is 0.418 e. The first kappa shape index (κ1) is 20.4. The minimum atomic E-state index is -4.60. The summed E-state index contributed by atoms with van der Waals surface area (Å²) in [5, 5.41) is 2.42. The third kappa shape index (κ3) is 5.27. The number of carbonyl (C=O) groups excluding carboxylic acids is 1. The molecule has 26 heavy (non-hydrogen) atoms. The molecule has 0 aliphatic carbocycles. The van der Waals surface area contributed by atoms with Crippen LogP contribution in [0.15, 0.2) is 18.2 Å². The van der Waals surface area contributed by atoms with E-state index in [0.717, 1.165) is 12.5 Å². The Morgan fingerprint density at radius 2 is 2.15 bits per heavy atom. The number of ether oxygens (including phenoxy) is 2. The topological polar surface area (TPSA) is 50.8 Å². The number of hydrogen-bond acceptors (Lipinski definition) is 3. The zero-order valence-corrected chi connectivity index (χ0v) is 15.2. The maximum atomic E-state index is 13.4. The van der Waals surface area contributed by atoms with E-state index in [4.69, 9.17) is 9.47 Å². The molecule has 2 amide bonds. The van der Waals surface area contributed by atoms with Crippen LogP contribution in [-0.4, -0.2) is 43.3 Å². The molecule has 1 unspecified atom stereocenters. The van der Waals surface area contributed by atoms with E-state index in [1.165, 1.54) is 12.1 Å². The minimum absolute atomic E-state index is 0.113. The van der Waals surface area contributed by atoms with Crippen LogP contribution in [0.4, 0.5) is 23.7 Å².